The van der Waals surface area contributed by atoms with E-state index in [2.05, 4.69) is 0 Å². The second kappa shape index (κ2) is 7.87. The molecule has 1 aliphatic rings. The Morgan fingerprint density at radius 1 is 1.14 bits per heavy atom. The molecule has 0 amide bonds. The summed E-state index contributed by atoms with van der Waals surface area (Å²) >= 11 is 0. The zero-order valence-electron chi connectivity index (χ0n) is 8.15. The first kappa shape index (κ1) is 11.6. The summed E-state index contributed by atoms with van der Waals surface area (Å²) in [4.78, 5) is 9.92. The summed E-state index contributed by atoms with van der Waals surface area (Å²) in [7, 11) is 0. The van der Waals surface area contributed by atoms with Crippen LogP contribution in [0.2, 0.25) is 0 Å². The van der Waals surface area contributed by atoms with Gasteiger partial charge in [0.1, 0.15) is 6.29 Å². The first-order valence-electron chi connectivity index (χ1n) is 4.76. The maximum absolute atomic E-state index is 9.92. The van der Waals surface area contributed by atoms with Crippen LogP contribution in [0.1, 0.15) is 6.42 Å². The van der Waals surface area contributed by atoms with Crippen molar-refractivity contribution in [3.8, 4) is 0 Å². The minimum Gasteiger partial charge on any atom is -0.379 e. The predicted molar refractivity (Wildman–Crippen MR) is 48.0 cm³/mol. The van der Waals surface area contributed by atoms with Crippen molar-refractivity contribution in [1.82, 2.24) is 0 Å². The van der Waals surface area contributed by atoms with Crippen LogP contribution in [0.25, 0.3) is 0 Å². The molecule has 0 spiro atoms. The number of hydrogen-bond acceptors (Lipinski definition) is 5. The van der Waals surface area contributed by atoms with E-state index in [4.69, 9.17) is 18.9 Å². The van der Waals surface area contributed by atoms with Crippen LogP contribution >= 0.6 is 0 Å². The van der Waals surface area contributed by atoms with E-state index in [1.165, 1.54) is 0 Å². The normalized spacial score (nSPS) is 17.4. The average molecular weight is 204 g/mol. The van der Waals surface area contributed by atoms with Crippen molar-refractivity contribution in [3.63, 3.8) is 0 Å². The molecule has 0 aromatic carbocycles. The number of carbonyl (C=O) groups is 1. The van der Waals surface area contributed by atoms with Crippen LogP contribution < -0.4 is 0 Å². The summed E-state index contributed by atoms with van der Waals surface area (Å²) in [6, 6.07) is 0. The molecular weight excluding hydrogens is 188 g/mol. The Labute approximate surface area is 83.3 Å². The third kappa shape index (κ3) is 5.29. The number of ether oxygens (including phenoxy) is 4. The Hall–Kier alpha value is -0.490. The Kier molecular flexibility index (Phi) is 6.51. The van der Waals surface area contributed by atoms with E-state index < -0.39 is 0 Å². The van der Waals surface area contributed by atoms with Gasteiger partial charge in [0, 0.05) is 6.42 Å². The quantitative estimate of drug-likeness (QED) is 0.411. The van der Waals surface area contributed by atoms with E-state index in [9.17, 15) is 4.79 Å². The smallest absolute Gasteiger partial charge is 0.181 e. The molecule has 0 bridgehead atoms. The van der Waals surface area contributed by atoms with E-state index >= 15 is 0 Å². The van der Waals surface area contributed by atoms with Crippen molar-refractivity contribution in [2.45, 2.75) is 12.7 Å². The lowest BCUT2D eigenvalue weighted by Gasteiger charge is -2.09. The molecule has 1 heterocycles. The molecule has 1 fully saturated rings. The molecule has 1 rings (SSSR count). The molecule has 14 heavy (non-hydrogen) atoms. The molecule has 0 atom stereocenters. The van der Waals surface area contributed by atoms with Crippen LogP contribution in [0.3, 0.4) is 0 Å². The van der Waals surface area contributed by atoms with Crippen molar-refractivity contribution in [1.29, 1.82) is 0 Å². The van der Waals surface area contributed by atoms with Gasteiger partial charge in [-0.05, 0) is 0 Å². The minimum atomic E-state index is -0.218. The van der Waals surface area contributed by atoms with Crippen LogP contribution in [0.5, 0.6) is 0 Å². The summed E-state index contributed by atoms with van der Waals surface area (Å²) < 4.78 is 20.7. The predicted octanol–water partition coefficient (Wildman–Crippen LogP) is -0.0185. The van der Waals surface area contributed by atoms with Crippen molar-refractivity contribution in [3.05, 3.63) is 0 Å². The molecule has 5 heteroatoms. The second-order valence-corrected chi connectivity index (χ2v) is 2.81. The van der Waals surface area contributed by atoms with E-state index in [1.54, 1.807) is 0 Å². The molecule has 82 valence electrons. The van der Waals surface area contributed by atoms with Gasteiger partial charge in [0.2, 0.25) is 0 Å². The maximum atomic E-state index is 9.92. The van der Waals surface area contributed by atoms with E-state index in [-0.39, 0.29) is 6.29 Å². The van der Waals surface area contributed by atoms with E-state index in [1.807, 2.05) is 0 Å². The highest BCUT2D eigenvalue weighted by molar-refractivity contribution is 5.49. The standard InChI is InChI=1S/C9H16O5/c10-2-1-3-11-4-5-12-8-9-13-6-7-14-9/h2,9H,1,3-8H2. The molecule has 0 radical (unpaired) electrons. The molecule has 1 saturated heterocycles. The van der Waals surface area contributed by atoms with Gasteiger partial charge in [-0.25, -0.2) is 0 Å². The fraction of sp³-hybridized carbons (Fsp3) is 0.889. The van der Waals surface area contributed by atoms with Gasteiger partial charge in [0.25, 0.3) is 0 Å². The molecule has 0 aliphatic carbocycles. The topological polar surface area (TPSA) is 54.0 Å². The van der Waals surface area contributed by atoms with Crippen LogP contribution in [-0.4, -0.2) is 52.2 Å². The van der Waals surface area contributed by atoms with E-state index in [0.717, 1.165) is 6.29 Å². The number of carbonyl (C=O) groups excluding carboxylic acids is 1. The molecule has 0 unspecified atom stereocenters. The van der Waals surface area contributed by atoms with Crippen molar-refractivity contribution in [2.75, 3.05) is 39.6 Å². The highest BCUT2D eigenvalue weighted by Gasteiger charge is 2.15. The van der Waals surface area contributed by atoms with Gasteiger partial charge in [0.05, 0.1) is 39.6 Å². The molecule has 0 aromatic rings. The van der Waals surface area contributed by atoms with Gasteiger partial charge < -0.3 is 23.7 Å². The zero-order chi connectivity index (χ0) is 10.1. The maximum Gasteiger partial charge on any atom is 0.181 e. The summed E-state index contributed by atoms with van der Waals surface area (Å²) in [5.41, 5.74) is 0. The van der Waals surface area contributed by atoms with Gasteiger partial charge in [-0.3, -0.25) is 0 Å². The lowest BCUT2D eigenvalue weighted by atomic mass is 10.5. The molecule has 5 nitrogen and oxygen atoms in total. The Morgan fingerprint density at radius 3 is 2.57 bits per heavy atom. The molecule has 0 N–H and O–H groups in total. The SMILES string of the molecule is O=CCCOCCOCC1OCCO1. The molecule has 1 aliphatic heterocycles. The fourth-order valence-corrected chi connectivity index (χ4v) is 1.03. The van der Waals surface area contributed by atoms with Gasteiger partial charge >= 0.3 is 0 Å². The third-order valence-corrected chi connectivity index (χ3v) is 1.70. The van der Waals surface area contributed by atoms with Gasteiger partial charge in [-0.2, -0.15) is 0 Å². The minimum absolute atomic E-state index is 0.218. The van der Waals surface area contributed by atoms with Crippen molar-refractivity contribution in [2.24, 2.45) is 0 Å². The Balaban J connectivity index is 1.77. The fourth-order valence-electron chi connectivity index (χ4n) is 1.03. The van der Waals surface area contributed by atoms with E-state index in [0.29, 0.717) is 46.1 Å². The summed E-state index contributed by atoms with van der Waals surface area (Å²) in [6.07, 6.45) is 1.06. The van der Waals surface area contributed by atoms with Crippen LogP contribution in [0.15, 0.2) is 0 Å². The third-order valence-electron chi connectivity index (χ3n) is 1.70. The molecular formula is C9H16O5. The number of rotatable bonds is 8. The largest absolute Gasteiger partial charge is 0.379 e. The van der Waals surface area contributed by atoms with Gasteiger partial charge in [-0.15, -0.1) is 0 Å². The van der Waals surface area contributed by atoms with Gasteiger partial charge in [0.15, 0.2) is 6.29 Å². The number of hydrogen-bond donors (Lipinski definition) is 0. The summed E-state index contributed by atoms with van der Waals surface area (Å²) in [5, 5.41) is 0. The summed E-state index contributed by atoms with van der Waals surface area (Å²) in [6.45, 7) is 3.19. The van der Waals surface area contributed by atoms with Crippen LogP contribution in [-0.2, 0) is 23.7 Å². The highest BCUT2D eigenvalue weighted by atomic mass is 16.7. The number of aldehydes is 1. The molecule has 0 saturated carbocycles. The van der Waals surface area contributed by atoms with Crippen molar-refractivity contribution < 1.29 is 23.7 Å². The Morgan fingerprint density at radius 2 is 1.86 bits per heavy atom. The van der Waals surface area contributed by atoms with Crippen LogP contribution in [0, 0.1) is 0 Å². The monoisotopic (exact) mass is 204 g/mol. The van der Waals surface area contributed by atoms with Crippen molar-refractivity contribution >= 4 is 6.29 Å². The zero-order valence-corrected chi connectivity index (χ0v) is 8.15. The highest BCUT2D eigenvalue weighted by Crippen LogP contribution is 2.03. The van der Waals surface area contributed by atoms with Gasteiger partial charge in [-0.1, -0.05) is 0 Å². The van der Waals surface area contributed by atoms with Crippen LogP contribution in [0.4, 0.5) is 0 Å². The lowest BCUT2D eigenvalue weighted by molar-refractivity contribution is -0.109. The second-order valence-electron chi connectivity index (χ2n) is 2.81. The molecule has 0 aromatic heterocycles. The lowest BCUT2D eigenvalue weighted by Crippen LogP contribution is -2.18. The average Bonchev–Trinajstić information content (AvgIpc) is 2.69. The summed E-state index contributed by atoms with van der Waals surface area (Å²) in [5.74, 6) is 0. The first-order chi connectivity index (χ1) is 6.93. The first-order valence-corrected chi connectivity index (χ1v) is 4.76. The Bertz CT molecular complexity index is 144.